The van der Waals surface area contributed by atoms with Crippen LogP contribution in [0, 0.1) is 5.82 Å². The summed E-state index contributed by atoms with van der Waals surface area (Å²) in [7, 11) is 0. The van der Waals surface area contributed by atoms with Crippen molar-refractivity contribution in [2.24, 2.45) is 0 Å². The lowest BCUT2D eigenvalue weighted by Gasteiger charge is -2.31. The van der Waals surface area contributed by atoms with Crippen LogP contribution in [0.5, 0.6) is 0 Å². The van der Waals surface area contributed by atoms with Gasteiger partial charge in [-0.15, -0.1) is 0 Å². The molecule has 1 atom stereocenters. The first-order chi connectivity index (χ1) is 24.2. The molecule has 2 N–H and O–H groups in total. The molecule has 3 amide bonds. The lowest BCUT2D eigenvalue weighted by molar-refractivity contribution is -0.136. The molecule has 256 valence electrons. The van der Waals surface area contributed by atoms with E-state index in [1.807, 2.05) is 30.3 Å². The summed E-state index contributed by atoms with van der Waals surface area (Å²) in [5, 5.41) is 5.65. The van der Waals surface area contributed by atoms with Gasteiger partial charge >= 0.3 is 6.09 Å². The number of hydrogen-bond donors (Lipinski definition) is 2. The first kappa shape index (κ1) is 35.7. The monoisotopic (exact) mass is 695 g/mol. The predicted molar refractivity (Wildman–Crippen MR) is 190 cm³/mol. The second-order valence-corrected chi connectivity index (χ2v) is 11.8. The highest BCUT2D eigenvalue weighted by Crippen LogP contribution is 2.22. The predicted octanol–water partition coefficient (Wildman–Crippen LogP) is 7.17. The van der Waals surface area contributed by atoms with Gasteiger partial charge in [-0.05, 0) is 48.1 Å². The number of fused-ring (bicyclic) bond motifs is 1. The molecule has 0 unspecified atom stereocenters. The molecule has 0 aliphatic heterocycles. The van der Waals surface area contributed by atoms with E-state index in [0.29, 0.717) is 41.0 Å². The van der Waals surface area contributed by atoms with Crippen molar-refractivity contribution >= 4 is 58.1 Å². The number of ketones is 1. The van der Waals surface area contributed by atoms with Gasteiger partial charge in [0.05, 0.1) is 11.1 Å². The highest BCUT2D eigenvalue weighted by molar-refractivity contribution is 6.31. The number of amides is 3. The van der Waals surface area contributed by atoms with E-state index in [-0.39, 0.29) is 42.8 Å². The Kier molecular flexibility index (Phi) is 12.2. The summed E-state index contributed by atoms with van der Waals surface area (Å²) in [4.78, 5) is 56.7. The van der Waals surface area contributed by atoms with Gasteiger partial charge in [0, 0.05) is 48.4 Å². The van der Waals surface area contributed by atoms with Crippen molar-refractivity contribution in [1.82, 2.24) is 15.4 Å². The number of benzene rings is 4. The lowest BCUT2D eigenvalue weighted by Crippen LogP contribution is -2.50. The van der Waals surface area contributed by atoms with Crippen molar-refractivity contribution in [3.05, 3.63) is 137 Å². The maximum atomic E-state index is 14.1. The van der Waals surface area contributed by atoms with Crippen molar-refractivity contribution in [2.45, 2.75) is 32.4 Å². The smallest absolute Gasteiger partial charge is 0.412 e. The van der Waals surface area contributed by atoms with E-state index in [4.69, 9.17) is 16.3 Å². The molecule has 4 aromatic carbocycles. The van der Waals surface area contributed by atoms with Crippen LogP contribution in [-0.2, 0) is 20.9 Å². The van der Waals surface area contributed by atoms with E-state index in [1.165, 1.54) is 29.0 Å². The van der Waals surface area contributed by atoms with Gasteiger partial charge in [-0.3, -0.25) is 24.7 Å². The van der Waals surface area contributed by atoms with Crippen LogP contribution in [-0.4, -0.2) is 53.4 Å². The van der Waals surface area contributed by atoms with E-state index in [0.717, 1.165) is 10.8 Å². The highest BCUT2D eigenvalue weighted by Gasteiger charge is 2.24. The van der Waals surface area contributed by atoms with Crippen molar-refractivity contribution in [3.63, 3.8) is 0 Å². The number of hydrazine groups is 1. The second-order valence-electron chi connectivity index (χ2n) is 11.4. The van der Waals surface area contributed by atoms with Gasteiger partial charge in [0.2, 0.25) is 12.3 Å². The summed E-state index contributed by atoms with van der Waals surface area (Å²) in [6.45, 7) is 1.38. The molecular weight excluding hydrogens is 661 g/mol. The van der Waals surface area contributed by atoms with Gasteiger partial charge in [-0.25, -0.2) is 19.6 Å². The number of ether oxygens (including phenoxy) is 1. The molecule has 5 rings (SSSR count). The average Bonchev–Trinajstić information content (AvgIpc) is 3.13. The number of nitrogens with zero attached hydrogens (tertiary/aromatic N) is 3. The van der Waals surface area contributed by atoms with Crippen molar-refractivity contribution in [3.8, 4) is 0 Å². The molecule has 0 aliphatic rings. The third-order valence-corrected chi connectivity index (χ3v) is 8.41. The summed E-state index contributed by atoms with van der Waals surface area (Å²) >= 11 is 6.15. The minimum absolute atomic E-state index is 0.0164. The van der Waals surface area contributed by atoms with Gasteiger partial charge in [0.25, 0.3) is 0 Å². The molecule has 0 saturated heterocycles. The number of hydrogen-bond acceptors (Lipinski definition) is 7. The largest absolute Gasteiger partial charge is 0.447 e. The fourth-order valence-corrected chi connectivity index (χ4v) is 5.62. The molecule has 1 aromatic heterocycles. The zero-order valence-electron chi connectivity index (χ0n) is 27.2. The number of anilines is 2. The van der Waals surface area contributed by atoms with Crippen LogP contribution in [0.4, 0.5) is 20.7 Å². The first-order valence-corrected chi connectivity index (χ1v) is 16.3. The minimum Gasteiger partial charge on any atom is -0.447 e. The number of nitrogens with one attached hydrogen (secondary N) is 2. The maximum absolute atomic E-state index is 14.1. The third kappa shape index (κ3) is 9.28. The van der Waals surface area contributed by atoms with Crippen molar-refractivity contribution < 1.29 is 28.3 Å². The summed E-state index contributed by atoms with van der Waals surface area (Å²) in [5.74, 6) is -0.860. The fourth-order valence-electron chi connectivity index (χ4n) is 5.43. The number of halogens is 2. The fraction of sp³-hybridized carbons (Fsp3) is 0.184. The summed E-state index contributed by atoms with van der Waals surface area (Å²) < 4.78 is 19.7. The molecule has 12 heteroatoms. The standard InChI is InChI=1S/C38H35ClFN5O5/c1-26(47)45(42-23-31-15-8-18-34(40)36(31)39)33(24-50-38(49)43-35-21-28-12-5-6-13-30(28)22-41-35)17-9-19-44(25-46)32-16-7-14-29(20-32)37(48)27-10-3-2-4-11-27/h2-8,10-16,18,20-22,25,33,42H,9,17,19,23-24H2,1H3,(H,41,43,49)/t33-/m0/s1. The molecule has 0 spiro atoms. The average molecular weight is 696 g/mol. The molecule has 0 saturated carbocycles. The number of aromatic nitrogens is 1. The van der Waals surface area contributed by atoms with Crippen LogP contribution < -0.4 is 15.6 Å². The van der Waals surface area contributed by atoms with Crippen molar-refractivity contribution in [1.29, 1.82) is 0 Å². The van der Waals surface area contributed by atoms with E-state index in [1.54, 1.807) is 66.9 Å². The van der Waals surface area contributed by atoms with Crippen molar-refractivity contribution in [2.75, 3.05) is 23.4 Å². The number of pyridine rings is 1. The summed E-state index contributed by atoms with van der Waals surface area (Å²) in [5.41, 5.74) is 4.92. The number of carbonyl (C=O) groups excluding carboxylic acids is 4. The maximum Gasteiger partial charge on any atom is 0.412 e. The van der Waals surface area contributed by atoms with E-state index >= 15 is 0 Å². The Labute approximate surface area is 293 Å². The van der Waals surface area contributed by atoms with E-state index in [2.05, 4.69) is 15.7 Å². The van der Waals surface area contributed by atoms with E-state index in [9.17, 15) is 23.6 Å². The zero-order valence-corrected chi connectivity index (χ0v) is 28.0. The Hall–Kier alpha value is -5.65. The lowest BCUT2D eigenvalue weighted by atomic mass is 10.0. The normalized spacial score (nSPS) is 11.4. The molecule has 50 heavy (non-hydrogen) atoms. The minimum atomic E-state index is -0.774. The topological polar surface area (TPSA) is 121 Å². The molecule has 0 radical (unpaired) electrons. The molecule has 1 heterocycles. The third-order valence-electron chi connectivity index (χ3n) is 7.98. The van der Waals surface area contributed by atoms with Crippen LogP contribution in [0.15, 0.2) is 109 Å². The van der Waals surface area contributed by atoms with Gasteiger partial charge in [-0.2, -0.15) is 0 Å². The van der Waals surface area contributed by atoms with E-state index < -0.39 is 18.0 Å². The Morgan fingerprint density at radius 2 is 1.64 bits per heavy atom. The van der Waals surface area contributed by atoms with Crippen LogP contribution in [0.1, 0.15) is 41.3 Å². The molecule has 0 bridgehead atoms. The zero-order chi connectivity index (χ0) is 35.5. The molecule has 0 fully saturated rings. The SMILES string of the molecule is CC(=O)N(NCc1cccc(F)c1Cl)[C@@H](CCCN(C=O)c1cccc(C(=O)c2ccccc2)c1)COC(=O)Nc1cc2ccccc2cn1. The number of carbonyl (C=O) groups is 4. The Balaban J connectivity index is 1.28. The summed E-state index contributed by atoms with van der Waals surface area (Å²) in [6, 6.07) is 28.6. The number of rotatable bonds is 15. The molecular formula is C38H35ClFN5O5. The Morgan fingerprint density at radius 1 is 0.920 bits per heavy atom. The molecule has 10 nitrogen and oxygen atoms in total. The molecule has 5 aromatic rings. The second kappa shape index (κ2) is 17.1. The van der Waals surface area contributed by atoms with Crippen LogP contribution in [0.25, 0.3) is 10.8 Å². The Bertz CT molecular complexity index is 1980. The van der Waals surface area contributed by atoms with Gasteiger partial charge in [-0.1, -0.05) is 90.5 Å². The van der Waals surface area contributed by atoms with Gasteiger partial charge in [0.15, 0.2) is 5.78 Å². The first-order valence-electron chi connectivity index (χ1n) is 15.9. The highest BCUT2D eigenvalue weighted by atomic mass is 35.5. The summed E-state index contributed by atoms with van der Waals surface area (Å²) in [6.07, 6.45) is 2.21. The van der Waals surface area contributed by atoms with Gasteiger partial charge in [0.1, 0.15) is 18.2 Å². The van der Waals surface area contributed by atoms with Gasteiger partial charge < -0.3 is 9.64 Å². The quantitative estimate of drug-likeness (QED) is 0.0677. The van der Waals surface area contributed by atoms with Crippen LogP contribution in [0.2, 0.25) is 5.02 Å². The Morgan fingerprint density at radius 3 is 2.40 bits per heavy atom. The molecule has 0 aliphatic carbocycles. The van der Waals surface area contributed by atoms with Crippen LogP contribution >= 0.6 is 11.6 Å². The van der Waals surface area contributed by atoms with Crippen LogP contribution in [0.3, 0.4) is 0 Å².